The van der Waals surface area contributed by atoms with E-state index in [0.717, 1.165) is 11.9 Å². The van der Waals surface area contributed by atoms with Gasteiger partial charge < -0.3 is 9.31 Å². The third-order valence-corrected chi connectivity index (χ3v) is 3.74. The van der Waals surface area contributed by atoms with E-state index >= 15 is 0 Å². The standard InChI is InChI=1S/C12H20BNO2/c1-6-10-7-9(8-14-10)13-15-11(2,3)12(4,5)16-13/h7-8,10H,6H2,1-5H3. The molecule has 0 radical (unpaired) electrons. The molecule has 0 aliphatic carbocycles. The summed E-state index contributed by atoms with van der Waals surface area (Å²) in [5, 5.41) is 0. The van der Waals surface area contributed by atoms with Crippen LogP contribution in [-0.2, 0) is 9.31 Å². The molecule has 1 unspecified atom stereocenters. The van der Waals surface area contributed by atoms with Gasteiger partial charge in [-0.25, -0.2) is 0 Å². The van der Waals surface area contributed by atoms with Crippen LogP contribution in [0.2, 0.25) is 0 Å². The molecule has 0 saturated carbocycles. The van der Waals surface area contributed by atoms with Crippen LogP contribution in [0.1, 0.15) is 41.0 Å². The molecule has 16 heavy (non-hydrogen) atoms. The minimum absolute atomic E-state index is 0.259. The molecule has 1 atom stereocenters. The van der Waals surface area contributed by atoms with Gasteiger partial charge in [-0.15, -0.1) is 0 Å². The fraction of sp³-hybridized carbons (Fsp3) is 0.750. The van der Waals surface area contributed by atoms with Crippen molar-refractivity contribution in [1.29, 1.82) is 0 Å². The van der Waals surface area contributed by atoms with Crippen LogP contribution in [0.4, 0.5) is 0 Å². The van der Waals surface area contributed by atoms with Crippen molar-refractivity contribution in [2.75, 3.05) is 0 Å². The summed E-state index contributed by atoms with van der Waals surface area (Å²) in [6.07, 6.45) is 5.05. The van der Waals surface area contributed by atoms with Crippen molar-refractivity contribution in [3.63, 3.8) is 0 Å². The molecule has 0 N–H and O–H groups in total. The highest BCUT2D eigenvalue weighted by Crippen LogP contribution is 2.38. The summed E-state index contributed by atoms with van der Waals surface area (Å²) >= 11 is 0. The molecular weight excluding hydrogens is 201 g/mol. The third kappa shape index (κ3) is 1.85. The molecule has 0 aromatic carbocycles. The second kappa shape index (κ2) is 3.71. The van der Waals surface area contributed by atoms with Crippen LogP contribution >= 0.6 is 0 Å². The van der Waals surface area contributed by atoms with Gasteiger partial charge in [0.2, 0.25) is 0 Å². The molecule has 4 heteroatoms. The van der Waals surface area contributed by atoms with E-state index in [-0.39, 0.29) is 18.3 Å². The molecule has 2 heterocycles. The van der Waals surface area contributed by atoms with Gasteiger partial charge >= 0.3 is 7.12 Å². The summed E-state index contributed by atoms with van der Waals surface area (Å²) in [6, 6.07) is 0.300. The Hall–Kier alpha value is -0.605. The van der Waals surface area contributed by atoms with Gasteiger partial charge in [-0.1, -0.05) is 13.0 Å². The highest BCUT2D eigenvalue weighted by atomic mass is 16.7. The zero-order valence-electron chi connectivity index (χ0n) is 10.8. The minimum Gasteiger partial charge on any atom is -0.399 e. The Kier molecular flexibility index (Phi) is 2.75. The van der Waals surface area contributed by atoms with E-state index in [1.54, 1.807) is 0 Å². The van der Waals surface area contributed by atoms with Gasteiger partial charge in [0.15, 0.2) is 0 Å². The van der Waals surface area contributed by atoms with E-state index < -0.39 is 0 Å². The van der Waals surface area contributed by atoms with E-state index in [2.05, 4.69) is 45.7 Å². The number of hydrogen-bond acceptors (Lipinski definition) is 3. The summed E-state index contributed by atoms with van der Waals surface area (Å²) in [4.78, 5) is 4.40. The Morgan fingerprint density at radius 1 is 1.25 bits per heavy atom. The molecule has 88 valence electrons. The van der Waals surface area contributed by atoms with Crippen molar-refractivity contribution in [2.45, 2.75) is 58.3 Å². The maximum absolute atomic E-state index is 5.96. The van der Waals surface area contributed by atoms with Crippen molar-refractivity contribution in [1.82, 2.24) is 0 Å². The lowest BCUT2D eigenvalue weighted by molar-refractivity contribution is 0.00578. The monoisotopic (exact) mass is 221 g/mol. The van der Waals surface area contributed by atoms with Gasteiger partial charge in [-0.3, -0.25) is 4.99 Å². The molecule has 1 saturated heterocycles. The average molecular weight is 221 g/mol. The molecule has 2 aliphatic rings. The van der Waals surface area contributed by atoms with Crippen LogP contribution in [0.15, 0.2) is 16.5 Å². The quantitative estimate of drug-likeness (QED) is 0.670. The fourth-order valence-electron chi connectivity index (χ4n) is 1.83. The van der Waals surface area contributed by atoms with Crippen LogP contribution in [0, 0.1) is 0 Å². The van der Waals surface area contributed by atoms with Crippen molar-refractivity contribution in [3.05, 3.63) is 11.5 Å². The van der Waals surface area contributed by atoms with Crippen LogP contribution in [0.25, 0.3) is 0 Å². The normalized spacial score (nSPS) is 30.9. The molecule has 0 amide bonds. The van der Waals surface area contributed by atoms with E-state index in [4.69, 9.17) is 9.31 Å². The molecule has 0 bridgehead atoms. The van der Waals surface area contributed by atoms with Gasteiger partial charge in [0.1, 0.15) is 0 Å². The molecule has 2 aliphatic heterocycles. The Morgan fingerprint density at radius 2 is 1.81 bits per heavy atom. The molecular formula is C12H20BNO2. The SMILES string of the molecule is CCC1C=C(B2OC(C)(C)C(C)(C)O2)C=N1. The van der Waals surface area contributed by atoms with Crippen LogP contribution in [0.3, 0.4) is 0 Å². The van der Waals surface area contributed by atoms with Gasteiger partial charge in [0.25, 0.3) is 0 Å². The molecule has 0 aromatic heterocycles. The van der Waals surface area contributed by atoms with Crippen molar-refractivity contribution < 1.29 is 9.31 Å². The highest BCUT2D eigenvalue weighted by molar-refractivity contribution is 6.60. The predicted octanol–water partition coefficient (Wildman–Crippen LogP) is 2.41. The summed E-state index contributed by atoms with van der Waals surface area (Å²) in [6.45, 7) is 10.4. The average Bonchev–Trinajstić information content (AvgIpc) is 2.70. The van der Waals surface area contributed by atoms with Crippen LogP contribution in [0.5, 0.6) is 0 Å². The number of rotatable bonds is 2. The van der Waals surface area contributed by atoms with Crippen LogP contribution < -0.4 is 0 Å². The number of aliphatic imine (C=N–C) groups is 1. The maximum atomic E-state index is 5.96. The third-order valence-electron chi connectivity index (χ3n) is 3.74. The lowest BCUT2D eigenvalue weighted by Crippen LogP contribution is -2.41. The molecule has 2 rings (SSSR count). The first kappa shape index (κ1) is 11.9. The Bertz CT molecular complexity index is 331. The number of allylic oxidation sites excluding steroid dienone is 1. The molecule has 3 nitrogen and oxygen atoms in total. The highest BCUT2D eigenvalue weighted by Gasteiger charge is 2.52. The topological polar surface area (TPSA) is 30.8 Å². The van der Waals surface area contributed by atoms with Gasteiger partial charge in [0, 0.05) is 6.21 Å². The number of hydrogen-bond donors (Lipinski definition) is 0. The van der Waals surface area contributed by atoms with Gasteiger partial charge in [-0.05, 0) is 39.6 Å². The zero-order valence-corrected chi connectivity index (χ0v) is 10.8. The minimum atomic E-state index is -0.267. The smallest absolute Gasteiger partial charge is 0.399 e. The summed E-state index contributed by atoms with van der Waals surface area (Å²) in [5.41, 5.74) is 0.526. The lowest BCUT2D eigenvalue weighted by atomic mass is 9.79. The summed E-state index contributed by atoms with van der Waals surface area (Å²) < 4.78 is 11.9. The van der Waals surface area contributed by atoms with Gasteiger partial charge in [-0.2, -0.15) is 0 Å². The largest absolute Gasteiger partial charge is 0.496 e. The van der Waals surface area contributed by atoms with Crippen molar-refractivity contribution >= 4 is 13.3 Å². The second-order valence-corrected chi connectivity index (χ2v) is 5.51. The van der Waals surface area contributed by atoms with E-state index in [1.165, 1.54) is 0 Å². The first-order valence-corrected chi connectivity index (χ1v) is 5.96. The molecule has 0 aromatic rings. The first-order valence-electron chi connectivity index (χ1n) is 5.96. The fourth-order valence-corrected chi connectivity index (χ4v) is 1.83. The van der Waals surface area contributed by atoms with E-state index in [1.807, 2.05) is 6.21 Å². The Labute approximate surface area is 98.1 Å². The van der Waals surface area contributed by atoms with Gasteiger partial charge in [0.05, 0.1) is 17.2 Å². The zero-order chi connectivity index (χ0) is 12.0. The Balaban J connectivity index is 2.13. The van der Waals surface area contributed by atoms with Crippen LogP contribution in [-0.4, -0.2) is 30.6 Å². The van der Waals surface area contributed by atoms with Crippen molar-refractivity contribution in [2.24, 2.45) is 4.99 Å². The molecule has 0 spiro atoms. The number of nitrogens with zero attached hydrogens (tertiary/aromatic N) is 1. The predicted molar refractivity (Wildman–Crippen MR) is 66.7 cm³/mol. The Morgan fingerprint density at radius 3 is 2.25 bits per heavy atom. The second-order valence-electron chi connectivity index (χ2n) is 5.51. The maximum Gasteiger partial charge on any atom is 0.496 e. The molecule has 1 fully saturated rings. The van der Waals surface area contributed by atoms with Crippen molar-refractivity contribution in [3.8, 4) is 0 Å². The lowest BCUT2D eigenvalue weighted by Gasteiger charge is -2.32. The summed E-state index contributed by atoms with van der Waals surface area (Å²) in [7, 11) is -0.259. The summed E-state index contributed by atoms with van der Waals surface area (Å²) in [5.74, 6) is 0. The first-order chi connectivity index (χ1) is 7.36. The van der Waals surface area contributed by atoms with E-state index in [9.17, 15) is 0 Å². The van der Waals surface area contributed by atoms with E-state index in [0.29, 0.717) is 6.04 Å².